The number of fused-ring (bicyclic) bond motifs is 4. The van der Waals surface area contributed by atoms with Crippen molar-refractivity contribution in [3.63, 3.8) is 0 Å². The maximum absolute atomic E-state index is 13.9. The van der Waals surface area contributed by atoms with Crippen LogP contribution >= 0.6 is 15.9 Å². The van der Waals surface area contributed by atoms with Gasteiger partial charge in [-0.2, -0.15) is 0 Å². The molecule has 3 aromatic carbocycles. The molecule has 3 aliphatic carbocycles. The minimum Gasteiger partial charge on any atom is -0.507 e. The average molecular weight is 594 g/mol. The molecule has 1 fully saturated rings. The van der Waals surface area contributed by atoms with Crippen LogP contribution in [0.3, 0.4) is 0 Å². The summed E-state index contributed by atoms with van der Waals surface area (Å²) in [4.78, 5) is 55.7. The van der Waals surface area contributed by atoms with E-state index in [4.69, 9.17) is 0 Å². The Kier molecular flexibility index (Phi) is 5.75. The number of likely N-dealkylation sites (tertiary alicyclic amines) is 1. The van der Waals surface area contributed by atoms with Gasteiger partial charge in [-0.15, -0.1) is 0 Å². The number of allylic oxidation sites excluding steroid dienone is 6. The summed E-state index contributed by atoms with van der Waals surface area (Å²) in [5.74, 6) is -3.28. The Morgan fingerprint density at radius 2 is 1.62 bits per heavy atom. The molecule has 0 bridgehead atoms. The van der Waals surface area contributed by atoms with Crippen LogP contribution in [0.1, 0.15) is 29.9 Å². The molecule has 6 nitrogen and oxygen atoms in total. The first-order chi connectivity index (χ1) is 19.3. The molecule has 1 saturated heterocycles. The van der Waals surface area contributed by atoms with Gasteiger partial charge in [-0.3, -0.25) is 24.1 Å². The number of phenols is 1. The largest absolute Gasteiger partial charge is 0.507 e. The SMILES string of the molecule is O=C1C=C(Br)C(=O)C2=C1C(c1ccc3ccccc3c1O)C1=CCC3C(=O)N(Cc4ccccc4)C(=O)C3C1C2. The van der Waals surface area contributed by atoms with Gasteiger partial charge in [-0.1, -0.05) is 78.4 Å². The number of Topliss-reactive ketones (excluding diaryl/α,β-unsaturated/α-hetero) is 1. The van der Waals surface area contributed by atoms with E-state index in [-0.39, 0.29) is 46.6 Å². The molecule has 3 aromatic rings. The van der Waals surface area contributed by atoms with Gasteiger partial charge in [0, 0.05) is 34.1 Å². The van der Waals surface area contributed by atoms with E-state index in [1.165, 1.54) is 11.0 Å². The number of aromatic hydroxyl groups is 1. The lowest BCUT2D eigenvalue weighted by molar-refractivity contribution is -0.140. The van der Waals surface area contributed by atoms with Crippen LogP contribution in [-0.2, 0) is 25.7 Å². The minimum atomic E-state index is -0.696. The summed E-state index contributed by atoms with van der Waals surface area (Å²) in [5, 5.41) is 13.0. The maximum atomic E-state index is 13.9. The summed E-state index contributed by atoms with van der Waals surface area (Å²) in [6.45, 7) is 0.197. The number of benzene rings is 3. The molecular formula is C33H24BrNO5. The van der Waals surface area contributed by atoms with Crippen LogP contribution in [0.5, 0.6) is 5.75 Å². The van der Waals surface area contributed by atoms with Gasteiger partial charge in [-0.25, -0.2) is 0 Å². The highest BCUT2D eigenvalue weighted by Gasteiger charge is 2.56. The predicted molar refractivity (Wildman–Crippen MR) is 152 cm³/mol. The number of ketones is 2. The van der Waals surface area contributed by atoms with Crippen molar-refractivity contribution < 1.29 is 24.3 Å². The molecule has 0 radical (unpaired) electrons. The van der Waals surface area contributed by atoms with Crippen LogP contribution in [0.2, 0.25) is 0 Å². The summed E-state index contributed by atoms with van der Waals surface area (Å²) in [6, 6.07) is 20.6. The van der Waals surface area contributed by atoms with Gasteiger partial charge in [0.05, 0.1) is 22.9 Å². The third-order valence-electron chi connectivity index (χ3n) is 8.85. The first kappa shape index (κ1) is 24.9. The molecule has 0 aromatic heterocycles. The highest BCUT2D eigenvalue weighted by atomic mass is 79.9. The third kappa shape index (κ3) is 3.60. The van der Waals surface area contributed by atoms with E-state index >= 15 is 0 Å². The first-order valence-corrected chi connectivity index (χ1v) is 14.1. The topological polar surface area (TPSA) is 91.8 Å². The van der Waals surface area contributed by atoms with Crippen molar-refractivity contribution in [2.24, 2.45) is 17.8 Å². The second kappa shape index (κ2) is 9.24. The number of halogens is 1. The smallest absolute Gasteiger partial charge is 0.234 e. The Morgan fingerprint density at radius 1 is 0.875 bits per heavy atom. The van der Waals surface area contributed by atoms with Crippen molar-refractivity contribution in [2.75, 3.05) is 0 Å². The zero-order chi connectivity index (χ0) is 27.7. The molecule has 7 rings (SSSR count). The average Bonchev–Trinajstić information content (AvgIpc) is 3.21. The molecule has 1 heterocycles. The van der Waals surface area contributed by atoms with Crippen LogP contribution in [0.15, 0.2) is 100 Å². The van der Waals surface area contributed by atoms with Crippen molar-refractivity contribution in [3.8, 4) is 5.75 Å². The van der Waals surface area contributed by atoms with Crippen molar-refractivity contribution in [2.45, 2.75) is 25.3 Å². The Bertz CT molecular complexity index is 1750. The number of carbonyl (C=O) groups excluding carboxylic acids is 4. The second-order valence-electron chi connectivity index (χ2n) is 10.9. The zero-order valence-electron chi connectivity index (χ0n) is 21.3. The Hall–Kier alpha value is -4.10. The number of rotatable bonds is 3. The van der Waals surface area contributed by atoms with Gasteiger partial charge < -0.3 is 5.11 Å². The number of phenolic OH excluding ortho intramolecular Hbond substituents is 1. The van der Waals surface area contributed by atoms with E-state index in [1.54, 1.807) is 6.07 Å². The molecule has 1 aliphatic heterocycles. The number of hydrogen-bond donors (Lipinski definition) is 1. The minimum absolute atomic E-state index is 0.0482. The fourth-order valence-corrected chi connectivity index (χ4v) is 7.50. The molecule has 0 spiro atoms. The summed E-state index contributed by atoms with van der Waals surface area (Å²) < 4.78 is 0.178. The Labute approximate surface area is 238 Å². The molecule has 40 heavy (non-hydrogen) atoms. The van der Waals surface area contributed by atoms with Gasteiger partial charge in [0.25, 0.3) is 0 Å². The Morgan fingerprint density at radius 3 is 2.42 bits per heavy atom. The molecule has 198 valence electrons. The molecular weight excluding hydrogens is 570 g/mol. The number of nitrogens with zero attached hydrogens (tertiary/aromatic N) is 1. The fraction of sp³-hybridized carbons (Fsp3) is 0.212. The molecule has 1 N–H and O–H groups in total. The van der Waals surface area contributed by atoms with Crippen LogP contribution in [0.25, 0.3) is 10.8 Å². The van der Waals surface area contributed by atoms with E-state index in [0.717, 1.165) is 16.5 Å². The van der Waals surface area contributed by atoms with Gasteiger partial charge in [-0.05, 0) is 45.6 Å². The van der Waals surface area contributed by atoms with E-state index in [1.807, 2.05) is 66.7 Å². The number of carbonyl (C=O) groups is 4. The van der Waals surface area contributed by atoms with Crippen LogP contribution in [0.4, 0.5) is 0 Å². The van der Waals surface area contributed by atoms with Crippen molar-refractivity contribution in [1.82, 2.24) is 4.90 Å². The third-order valence-corrected chi connectivity index (χ3v) is 9.44. The number of imide groups is 1. The number of hydrogen-bond acceptors (Lipinski definition) is 5. The molecule has 4 unspecified atom stereocenters. The first-order valence-electron chi connectivity index (χ1n) is 13.3. The summed E-state index contributed by atoms with van der Waals surface area (Å²) in [7, 11) is 0. The normalized spacial score (nSPS) is 26.0. The van der Waals surface area contributed by atoms with Crippen LogP contribution in [-0.4, -0.2) is 33.4 Å². The summed E-state index contributed by atoms with van der Waals surface area (Å²) in [5.41, 5.74) is 2.90. The maximum Gasteiger partial charge on any atom is 0.234 e. The standard InChI is InChI=1S/C33H24BrNO5/c34-25-15-26(36)29-24(31(25)38)14-23-20(27(29)21-11-10-18-8-4-5-9-19(18)30(21)37)12-13-22-28(23)33(40)35(32(22)39)16-17-6-2-1-3-7-17/h1-12,15,22-23,27-28,37H,13-14,16H2. The number of amides is 2. The molecule has 4 aliphatic rings. The Balaban J connectivity index is 1.37. The van der Waals surface area contributed by atoms with E-state index in [9.17, 15) is 24.3 Å². The second-order valence-corrected chi connectivity index (χ2v) is 11.7. The highest BCUT2D eigenvalue weighted by Crippen LogP contribution is 2.56. The van der Waals surface area contributed by atoms with Crippen LogP contribution < -0.4 is 0 Å². The molecule has 0 saturated carbocycles. The molecule has 4 atom stereocenters. The molecule has 2 amide bonds. The van der Waals surface area contributed by atoms with Crippen molar-refractivity contribution in [1.29, 1.82) is 0 Å². The zero-order valence-corrected chi connectivity index (χ0v) is 22.9. The summed E-state index contributed by atoms with van der Waals surface area (Å²) in [6.07, 6.45) is 3.82. The van der Waals surface area contributed by atoms with Crippen molar-refractivity contribution >= 4 is 50.1 Å². The van der Waals surface area contributed by atoms with Gasteiger partial charge in [0.2, 0.25) is 11.8 Å². The fourth-order valence-electron chi connectivity index (χ4n) is 7.05. The van der Waals surface area contributed by atoms with Gasteiger partial charge in [0.15, 0.2) is 11.6 Å². The van der Waals surface area contributed by atoms with Crippen LogP contribution in [0, 0.1) is 17.8 Å². The van der Waals surface area contributed by atoms with E-state index in [2.05, 4.69) is 15.9 Å². The highest BCUT2D eigenvalue weighted by molar-refractivity contribution is 9.12. The lowest BCUT2D eigenvalue weighted by Crippen LogP contribution is -2.39. The van der Waals surface area contributed by atoms with Gasteiger partial charge in [0.1, 0.15) is 5.75 Å². The van der Waals surface area contributed by atoms with Gasteiger partial charge >= 0.3 is 0 Å². The summed E-state index contributed by atoms with van der Waals surface area (Å²) >= 11 is 3.26. The van der Waals surface area contributed by atoms with E-state index in [0.29, 0.717) is 28.5 Å². The monoisotopic (exact) mass is 593 g/mol. The quantitative estimate of drug-likeness (QED) is 0.246. The lowest BCUT2D eigenvalue weighted by atomic mass is 9.59. The predicted octanol–water partition coefficient (Wildman–Crippen LogP) is 5.51. The lowest BCUT2D eigenvalue weighted by Gasteiger charge is -2.42. The van der Waals surface area contributed by atoms with Crippen molar-refractivity contribution in [3.05, 3.63) is 111 Å². The molecule has 7 heteroatoms. The van der Waals surface area contributed by atoms with E-state index < -0.39 is 23.7 Å².